The summed E-state index contributed by atoms with van der Waals surface area (Å²) in [4.78, 5) is 15.9. The number of aromatic nitrogens is 1. The molecule has 1 aromatic heterocycles. The molecule has 16 heavy (non-hydrogen) atoms. The fourth-order valence-corrected chi connectivity index (χ4v) is 2.25. The van der Waals surface area contributed by atoms with Crippen LogP contribution in [0.1, 0.15) is 37.0 Å². The van der Waals surface area contributed by atoms with Gasteiger partial charge in [0.25, 0.3) is 5.91 Å². The molecule has 0 aliphatic rings. The van der Waals surface area contributed by atoms with Crippen LogP contribution in [0.4, 0.5) is 0 Å². The van der Waals surface area contributed by atoms with Crippen molar-refractivity contribution >= 4 is 21.8 Å². The van der Waals surface area contributed by atoms with Gasteiger partial charge < -0.3 is 5.32 Å². The summed E-state index contributed by atoms with van der Waals surface area (Å²) in [5.74, 6) is -0.0570. The second-order valence-electron chi connectivity index (χ2n) is 4.05. The Morgan fingerprint density at radius 2 is 2.38 bits per heavy atom. The predicted octanol–water partition coefficient (Wildman–Crippen LogP) is 2.77. The minimum absolute atomic E-state index is 0.0570. The Hall–Kier alpha value is -0.900. The van der Waals surface area contributed by atoms with Crippen molar-refractivity contribution in [1.29, 1.82) is 0 Å². The molecular formula is C12H17BrN2O. The van der Waals surface area contributed by atoms with E-state index in [-0.39, 0.29) is 11.4 Å². The third kappa shape index (κ3) is 3.59. The van der Waals surface area contributed by atoms with Crippen molar-refractivity contribution in [2.75, 3.05) is 5.33 Å². The molecule has 1 atom stereocenters. The van der Waals surface area contributed by atoms with Crippen LogP contribution in [0.5, 0.6) is 0 Å². The molecule has 0 aliphatic heterocycles. The molecule has 0 spiro atoms. The molecule has 1 N–H and O–H groups in total. The summed E-state index contributed by atoms with van der Waals surface area (Å²) in [6, 6.07) is 3.54. The number of nitrogens with zero attached hydrogens (tertiary/aromatic N) is 1. The molecule has 1 unspecified atom stereocenters. The van der Waals surface area contributed by atoms with Crippen LogP contribution in [0.15, 0.2) is 24.5 Å². The van der Waals surface area contributed by atoms with Crippen LogP contribution in [0, 0.1) is 0 Å². The molecule has 0 bridgehead atoms. The van der Waals surface area contributed by atoms with Gasteiger partial charge in [0.15, 0.2) is 0 Å². The molecule has 1 heterocycles. The highest BCUT2D eigenvalue weighted by Gasteiger charge is 2.23. The number of carbonyl (C=O) groups is 1. The quantitative estimate of drug-likeness (QED) is 0.845. The van der Waals surface area contributed by atoms with Crippen molar-refractivity contribution in [3.05, 3.63) is 30.1 Å². The highest BCUT2D eigenvalue weighted by molar-refractivity contribution is 9.09. The SMILES string of the molecule is CCC(C)(CCBr)NC(=O)c1cccnc1. The number of rotatable bonds is 5. The lowest BCUT2D eigenvalue weighted by molar-refractivity contribution is 0.0901. The third-order valence-corrected chi connectivity index (χ3v) is 3.16. The minimum atomic E-state index is -0.156. The number of carbonyl (C=O) groups excluding carboxylic acids is 1. The number of nitrogens with one attached hydrogen (secondary N) is 1. The van der Waals surface area contributed by atoms with Gasteiger partial charge in [0.05, 0.1) is 5.56 Å². The van der Waals surface area contributed by atoms with Gasteiger partial charge in [0.2, 0.25) is 0 Å². The summed E-state index contributed by atoms with van der Waals surface area (Å²) in [6.07, 6.45) is 5.06. The molecule has 1 amide bonds. The summed E-state index contributed by atoms with van der Waals surface area (Å²) in [7, 11) is 0. The molecule has 1 rings (SSSR count). The Balaban J connectivity index is 2.70. The number of hydrogen-bond donors (Lipinski definition) is 1. The van der Waals surface area contributed by atoms with E-state index < -0.39 is 0 Å². The van der Waals surface area contributed by atoms with Gasteiger partial charge >= 0.3 is 0 Å². The van der Waals surface area contributed by atoms with E-state index in [1.807, 2.05) is 0 Å². The zero-order valence-electron chi connectivity index (χ0n) is 9.66. The van der Waals surface area contributed by atoms with E-state index in [1.165, 1.54) is 0 Å². The summed E-state index contributed by atoms with van der Waals surface area (Å²) in [5, 5.41) is 3.93. The van der Waals surface area contributed by atoms with Gasteiger partial charge in [0, 0.05) is 23.3 Å². The molecule has 0 fully saturated rings. The molecule has 0 aliphatic carbocycles. The largest absolute Gasteiger partial charge is 0.347 e. The van der Waals surface area contributed by atoms with Crippen LogP contribution in [-0.4, -0.2) is 21.8 Å². The van der Waals surface area contributed by atoms with Crippen molar-refractivity contribution in [1.82, 2.24) is 10.3 Å². The highest BCUT2D eigenvalue weighted by Crippen LogP contribution is 2.16. The fourth-order valence-electron chi connectivity index (χ4n) is 1.38. The number of halogens is 1. The van der Waals surface area contributed by atoms with Gasteiger partial charge in [-0.15, -0.1) is 0 Å². The van der Waals surface area contributed by atoms with Crippen molar-refractivity contribution in [2.24, 2.45) is 0 Å². The molecule has 0 radical (unpaired) electrons. The van der Waals surface area contributed by atoms with Gasteiger partial charge in [-0.1, -0.05) is 22.9 Å². The molecule has 0 aromatic carbocycles. The zero-order chi connectivity index (χ0) is 12.0. The summed E-state index contributed by atoms with van der Waals surface area (Å²) in [5.41, 5.74) is 0.452. The lowest BCUT2D eigenvalue weighted by atomic mass is 9.95. The van der Waals surface area contributed by atoms with Crippen LogP contribution in [0.3, 0.4) is 0 Å². The summed E-state index contributed by atoms with van der Waals surface area (Å²) < 4.78 is 0. The second kappa shape index (κ2) is 5.99. The molecule has 88 valence electrons. The van der Waals surface area contributed by atoms with Gasteiger partial charge in [-0.05, 0) is 31.9 Å². The fraction of sp³-hybridized carbons (Fsp3) is 0.500. The normalized spacial score (nSPS) is 14.2. The van der Waals surface area contributed by atoms with Crippen molar-refractivity contribution < 1.29 is 4.79 Å². The van der Waals surface area contributed by atoms with Gasteiger partial charge in [0.1, 0.15) is 0 Å². The van der Waals surface area contributed by atoms with Gasteiger partial charge in [-0.3, -0.25) is 9.78 Å². The predicted molar refractivity (Wildman–Crippen MR) is 68.8 cm³/mol. The van der Waals surface area contributed by atoms with Crippen LogP contribution in [0.2, 0.25) is 0 Å². The number of amides is 1. The number of alkyl halides is 1. The smallest absolute Gasteiger partial charge is 0.253 e. The summed E-state index contributed by atoms with van der Waals surface area (Å²) in [6.45, 7) is 4.13. The lowest BCUT2D eigenvalue weighted by Gasteiger charge is -2.29. The Morgan fingerprint density at radius 1 is 1.62 bits per heavy atom. The summed E-state index contributed by atoms with van der Waals surface area (Å²) >= 11 is 3.41. The molecule has 3 nitrogen and oxygen atoms in total. The first-order valence-electron chi connectivity index (χ1n) is 5.40. The maximum Gasteiger partial charge on any atom is 0.253 e. The highest BCUT2D eigenvalue weighted by atomic mass is 79.9. The topological polar surface area (TPSA) is 42.0 Å². The molecule has 0 saturated carbocycles. The van der Waals surface area contributed by atoms with E-state index in [2.05, 4.69) is 40.1 Å². The minimum Gasteiger partial charge on any atom is -0.347 e. The molecule has 1 aromatic rings. The average molecular weight is 285 g/mol. The second-order valence-corrected chi connectivity index (χ2v) is 4.84. The number of pyridine rings is 1. The zero-order valence-corrected chi connectivity index (χ0v) is 11.3. The maximum atomic E-state index is 11.9. The van der Waals surface area contributed by atoms with Crippen molar-refractivity contribution in [3.8, 4) is 0 Å². The van der Waals surface area contributed by atoms with E-state index in [9.17, 15) is 4.79 Å². The van der Waals surface area contributed by atoms with Crippen molar-refractivity contribution in [3.63, 3.8) is 0 Å². The molecule has 4 heteroatoms. The van der Waals surface area contributed by atoms with Crippen molar-refractivity contribution in [2.45, 2.75) is 32.2 Å². The maximum absolute atomic E-state index is 11.9. The van der Waals surface area contributed by atoms with Gasteiger partial charge in [-0.25, -0.2) is 0 Å². The Labute approximate surface area is 105 Å². The van der Waals surface area contributed by atoms with Crippen LogP contribution in [-0.2, 0) is 0 Å². The first-order chi connectivity index (χ1) is 7.61. The van der Waals surface area contributed by atoms with E-state index in [0.717, 1.165) is 18.2 Å². The number of hydrogen-bond acceptors (Lipinski definition) is 2. The standard InChI is InChI=1S/C12H17BrN2O/c1-3-12(2,6-7-13)15-11(16)10-5-4-8-14-9-10/h4-5,8-9H,3,6-7H2,1-2H3,(H,15,16). The van der Waals surface area contributed by atoms with Crippen LogP contribution < -0.4 is 5.32 Å². The lowest BCUT2D eigenvalue weighted by Crippen LogP contribution is -2.45. The first kappa shape index (κ1) is 13.2. The third-order valence-electron chi connectivity index (χ3n) is 2.77. The van der Waals surface area contributed by atoms with E-state index in [1.54, 1.807) is 24.5 Å². The Morgan fingerprint density at radius 3 is 2.88 bits per heavy atom. The monoisotopic (exact) mass is 284 g/mol. The first-order valence-corrected chi connectivity index (χ1v) is 6.52. The Kier molecular flexibility index (Phi) is 4.93. The Bertz CT molecular complexity index is 342. The van der Waals surface area contributed by atoms with E-state index in [0.29, 0.717) is 5.56 Å². The molecule has 0 saturated heterocycles. The van der Waals surface area contributed by atoms with Crippen LogP contribution >= 0.6 is 15.9 Å². The van der Waals surface area contributed by atoms with Crippen LogP contribution in [0.25, 0.3) is 0 Å². The van der Waals surface area contributed by atoms with E-state index in [4.69, 9.17) is 0 Å². The average Bonchev–Trinajstić information content (AvgIpc) is 2.30. The van der Waals surface area contributed by atoms with E-state index >= 15 is 0 Å². The molecular weight excluding hydrogens is 268 g/mol. The van der Waals surface area contributed by atoms with Gasteiger partial charge in [-0.2, -0.15) is 0 Å².